The molecule has 0 bridgehead atoms. The molecule has 18 heavy (non-hydrogen) atoms. The maximum absolute atomic E-state index is 6.34. The molecule has 2 nitrogen and oxygen atoms in total. The quantitative estimate of drug-likeness (QED) is 0.881. The Labute approximate surface area is 111 Å². The Balaban J connectivity index is 1.94. The second kappa shape index (κ2) is 5.31. The summed E-state index contributed by atoms with van der Waals surface area (Å²) >= 11 is 0. The molecule has 0 amide bonds. The molecule has 0 atom stereocenters. The van der Waals surface area contributed by atoms with Gasteiger partial charge in [0.05, 0.1) is 6.61 Å². The minimum atomic E-state index is 0.0342. The van der Waals surface area contributed by atoms with Crippen LogP contribution in [0, 0.1) is 20.8 Å². The van der Waals surface area contributed by atoms with Gasteiger partial charge in [0.2, 0.25) is 0 Å². The van der Waals surface area contributed by atoms with Crippen molar-refractivity contribution < 1.29 is 4.74 Å². The zero-order valence-electron chi connectivity index (χ0n) is 11.9. The molecule has 1 aromatic carbocycles. The van der Waals surface area contributed by atoms with Crippen LogP contribution in [0.3, 0.4) is 0 Å². The van der Waals surface area contributed by atoms with Crippen molar-refractivity contribution in [3.63, 3.8) is 0 Å². The number of hydrogen-bond donors (Lipinski definition) is 1. The lowest BCUT2D eigenvalue weighted by Gasteiger charge is -2.24. The lowest BCUT2D eigenvalue weighted by molar-refractivity contribution is 0.256. The number of rotatable bonds is 4. The molecule has 2 rings (SSSR count). The lowest BCUT2D eigenvalue weighted by Crippen LogP contribution is -2.37. The molecule has 0 heterocycles. The second-order valence-corrected chi connectivity index (χ2v) is 5.90. The zero-order chi connectivity index (χ0) is 13.2. The Morgan fingerprint density at radius 2 is 1.67 bits per heavy atom. The molecule has 0 aliphatic heterocycles. The molecular formula is C16H25NO. The van der Waals surface area contributed by atoms with Gasteiger partial charge in [-0.1, -0.05) is 30.5 Å². The highest BCUT2D eigenvalue weighted by Crippen LogP contribution is 2.31. The number of benzene rings is 1. The third-order valence-electron chi connectivity index (χ3n) is 4.05. The van der Waals surface area contributed by atoms with Crippen LogP contribution in [0.1, 0.15) is 48.8 Å². The summed E-state index contributed by atoms with van der Waals surface area (Å²) in [6, 6.07) is 4.35. The number of aryl methyl sites for hydroxylation is 3. The van der Waals surface area contributed by atoms with Gasteiger partial charge < -0.3 is 10.5 Å². The van der Waals surface area contributed by atoms with E-state index in [2.05, 4.69) is 32.9 Å². The van der Waals surface area contributed by atoms with Gasteiger partial charge in [-0.05, 0) is 51.2 Å². The van der Waals surface area contributed by atoms with Crippen molar-refractivity contribution in [3.8, 4) is 5.75 Å². The molecule has 1 aliphatic rings. The van der Waals surface area contributed by atoms with Crippen molar-refractivity contribution in [1.29, 1.82) is 0 Å². The highest BCUT2D eigenvalue weighted by atomic mass is 16.5. The first-order valence-electron chi connectivity index (χ1n) is 7.00. The summed E-state index contributed by atoms with van der Waals surface area (Å²) < 4.78 is 5.97. The van der Waals surface area contributed by atoms with Gasteiger partial charge in [-0.25, -0.2) is 0 Å². The topological polar surface area (TPSA) is 35.2 Å². The Kier molecular flexibility index (Phi) is 3.96. The van der Waals surface area contributed by atoms with E-state index in [4.69, 9.17) is 10.5 Å². The SMILES string of the molecule is Cc1cc(C)c(OCCC2(N)CCCC2)c(C)c1. The highest BCUT2D eigenvalue weighted by molar-refractivity contribution is 5.42. The fraction of sp³-hybridized carbons (Fsp3) is 0.625. The number of nitrogens with two attached hydrogens (primary N) is 1. The van der Waals surface area contributed by atoms with Crippen molar-refractivity contribution >= 4 is 0 Å². The van der Waals surface area contributed by atoms with E-state index in [1.807, 2.05) is 0 Å². The van der Waals surface area contributed by atoms with E-state index < -0.39 is 0 Å². The normalized spacial score (nSPS) is 18.0. The fourth-order valence-electron chi connectivity index (χ4n) is 3.08. The monoisotopic (exact) mass is 247 g/mol. The molecule has 0 aromatic heterocycles. The third kappa shape index (κ3) is 3.05. The van der Waals surface area contributed by atoms with Crippen molar-refractivity contribution in [3.05, 3.63) is 28.8 Å². The van der Waals surface area contributed by atoms with Crippen molar-refractivity contribution in [1.82, 2.24) is 0 Å². The van der Waals surface area contributed by atoms with Crippen LogP contribution in [-0.2, 0) is 0 Å². The molecule has 0 unspecified atom stereocenters. The summed E-state index contributed by atoms with van der Waals surface area (Å²) in [5.41, 5.74) is 10.1. The van der Waals surface area contributed by atoms with Crippen molar-refractivity contribution in [2.75, 3.05) is 6.61 Å². The smallest absolute Gasteiger partial charge is 0.125 e. The van der Waals surface area contributed by atoms with Gasteiger partial charge in [-0.2, -0.15) is 0 Å². The highest BCUT2D eigenvalue weighted by Gasteiger charge is 2.28. The van der Waals surface area contributed by atoms with Crippen molar-refractivity contribution in [2.24, 2.45) is 5.73 Å². The molecule has 100 valence electrons. The van der Waals surface area contributed by atoms with Gasteiger partial charge >= 0.3 is 0 Å². The summed E-state index contributed by atoms with van der Waals surface area (Å²) in [5, 5.41) is 0. The van der Waals surface area contributed by atoms with Crippen molar-refractivity contribution in [2.45, 2.75) is 58.4 Å². The van der Waals surface area contributed by atoms with Crippen LogP contribution in [-0.4, -0.2) is 12.1 Å². The largest absolute Gasteiger partial charge is 0.493 e. The van der Waals surface area contributed by atoms with Crippen LogP contribution in [0.25, 0.3) is 0 Å². The molecule has 1 fully saturated rings. The second-order valence-electron chi connectivity index (χ2n) is 5.90. The van der Waals surface area contributed by atoms with E-state index in [1.54, 1.807) is 0 Å². The van der Waals surface area contributed by atoms with Crippen LogP contribution in [0.15, 0.2) is 12.1 Å². The molecule has 1 aliphatic carbocycles. The number of ether oxygens (including phenoxy) is 1. The first-order chi connectivity index (χ1) is 8.50. The predicted octanol–water partition coefficient (Wildman–Crippen LogP) is 3.65. The first-order valence-corrected chi connectivity index (χ1v) is 7.00. The fourth-order valence-corrected chi connectivity index (χ4v) is 3.08. The molecule has 1 aromatic rings. The van der Waals surface area contributed by atoms with E-state index in [0.717, 1.165) is 31.6 Å². The Morgan fingerprint density at radius 1 is 1.11 bits per heavy atom. The molecule has 0 radical (unpaired) electrons. The predicted molar refractivity (Wildman–Crippen MR) is 76.2 cm³/mol. The molecular weight excluding hydrogens is 222 g/mol. The molecule has 1 saturated carbocycles. The molecule has 0 spiro atoms. The maximum atomic E-state index is 6.34. The van der Waals surface area contributed by atoms with Gasteiger partial charge in [-0.15, -0.1) is 0 Å². The Morgan fingerprint density at radius 3 is 2.22 bits per heavy atom. The zero-order valence-corrected chi connectivity index (χ0v) is 11.9. The summed E-state index contributed by atoms with van der Waals surface area (Å²) in [6.45, 7) is 7.09. The van der Waals surface area contributed by atoms with Gasteiger partial charge in [0, 0.05) is 5.54 Å². The Bertz CT molecular complexity index is 396. The Hall–Kier alpha value is -1.02. The van der Waals surface area contributed by atoms with Crippen LogP contribution >= 0.6 is 0 Å². The maximum Gasteiger partial charge on any atom is 0.125 e. The van der Waals surface area contributed by atoms with Crippen LogP contribution in [0.4, 0.5) is 0 Å². The van der Waals surface area contributed by atoms with Gasteiger partial charge in [0.25, 0.3) is 0 Å². The molecule has 2 heteroatoms. The average Bonchev–Trinajstić information content (AvgIpc) is 2.69. The van der Waals surface area contributed by atoms with E-state index in [9.17, 15) is 0 Å². The van der Waals surface area contributed by atoms with Crippen LogP contribution in [0.5, 0.6) is 5.75 Å². The summed E-state index contributed by atoms with van der Waals surface area (Å²) in [6.07, 6.45) is 5.84. The average molecular weight is 247 g/mol. The van der Waals surface area contributed by atoms with E-state index in [1.165, 1.54) is 29.5 Å². The molecule has 0 saturated heterocycles. The summed E-state index contributed by atoms with van der Waals surface area (Å²) in [7, 11) is 0. The minimum Gasteiger partial charge on any atom is -0.493 e. The molecule has 2 N–H and O–H groups in total. The van der Waals surface area contributed by atoms with E-state index in [-0.39, 0.29) is 5.54 Å². The summed E-state index contributed by atoms with van der Waals surface area (Å²) in [4.78, 5) is 0. The number of hydrogen-bond acceptors (Lipinski definition) is 2. The van der Waals surface area contributed by atoms with E-state index >= 15 is 0 Å². The van der Waals surface area contributed by atoms with E-state index in [0.29, 0.717) is 0 Å². The van der Waals surface area contributed by atoms with Gasteiger partial charge in [-0.3, -0.25) is 0 Å². The minimum absolute atomic E-state index is 0.0342. The summed E-state index contributed by atoms with van der Waals surface area (Å²) in [5.74, 6) is 1.04. The first kappa shape index (κ1) is 13.4. The third-order valence-corrected chi connectivity index (χ3v) is 4.05. The van der Waals surface area contributed by atoms with Gasteiger partial charge in [0.1, 0.15) is 5.75 Å². The standard InChI is InChI=1S/C16H25NO/c1-12-10-13(2)15(14(3)11-12)18-9-8-16(17)6-4-5-7-16/h10-11H,4-9,17H2,1-3H3. The van der Waals surface area contributed by atoms with Crippen LogP contribution in [0.2, 0.25) is 0 Å². The lowest BCUT2D eigenvalue weighted by atomic mass is 9.95. The van der Waals surface area contributed by atoms with Crippen LogP contribution < -0.4 is 10.5 Å². The van der Waals surface area contributed by atoms with Gasteiger partial charge in [0.15, 0.2) is 0 Å².